The van der Waals surface area contributed by atoms with Gasteiger partial charge in [-0.15, -0.1) is 0 Å². The van der Waals surface area contributed by atoms with Gasteiger partial charge in [-0.05, 0) is 37.3 Å². The smallest absolute Gasteiger partial charge is 0.0914 e. The molecule has 0 spiro atoms. The maximum absolute atomic E-state index is 10.1. The lowest BCUT2D eigenvalue weighted by atomic mass is 9.86. The van der Waals surface area contributed by atoms with Crippen LogP contribution in [0.1, 0.15) is 58.8 Å². The van der Waals surface area contributed by atoms with E-state index in [1.807, 2.05) is 12.1 Å². The van der Waals surface area contributed by atoms with Crippen molar-refractivity contribution in [2.75, 3.05) is 6.54 Å². The Labute approximate surface area is 111 Å². The third-order valence-corrected chi connectivity index (χ3v) is 2.99. The Bertz CT molecular complexity index is 368. The summed E-state index contributed by atoms with van der Waals surface area (Å²) in [5.74, 6) is 0. The zero-order valence-corrected chi connectivity index (χ0v) is 12.5. The molecule has 102 valence electrons. The lowest BCUT2D eigenvalue weighted by molar-refractivity contribution is 0.163. The average Bonchev–Trinajstić information content (AvgIpc) is 2.24. The molecular formula is C16H27NO. The molecule has 2 N–H and O–H groups in total. The van der Waals surface area contributed by atoms with Gasteiger partial charge in [0, 0.05) is 12.1 Å². The van der Waals surface area contributed by atoms with E-state index in [4.69, 9.17) is 0 Å². The van der Waals surface area contributed by atoms with Crippen LogP contribution in [0, 0.1) is 0 Å². The summed E-state index contributed by atoms with van der Waals surface area (Å²) < 4.78 is 0. The van der Waals surface area contributed by atoms with Crippen molar-refractivity contribution in [2.24, 2.45) is 0 Å². The molecule has 0 amide bonds. The van der Waals surface area contributed by atoms with Crippen LogP contribution in [-0.4, -0.2) is 17.2 Å². The van der Waals surface area contributed by atoms with Gasteiger partial charge in [-0.25, -0.2) is 0 Å². The molecule has 1 aromatic rings. The Hall–Kier alpha value is -0.860. The first kappa shape index (κ1) is 15.2. The van der Waals surface area contributed by atoms with Crippen molar-refractivity contribution < 1.29 is 5.11 Å². The summed E-state index contributed by atoms with van der Waals surface area (Å²) in [7, 11) is 0. The van der Waals surface area contributed by atoms with Crippen molar-refractivity contribution in [2.45, 2.75) is 58.6 Å². The quantitative estimate of drug-likeness (QED) is 0.860. The molecule has 0 radical (unpaired) electrons. The lowest BCUT2D eigenvalue weighted by Gasteiger charge is -2.24. The highest BCUT2D eigenvalue weighted by Crippen LogP contribution is 2.23. The molecule has 0 heterocycles. The molecule has 0 aliphatic rings. The van der Waals surface area contributed by atoms with E-state index >= 15 is 0 Å². The predicted octanol–water partition coefficient (Wildman–Crippen LogP) is 3.41. The topological polar surface area (TPSA) is 32.3 Å². The molecule has 1 aromatic carbocycles. The third kappa shape index (κ3) is 4.79. The van der Waals surface area contributed by atoms with E-state index in [0.717, 1.165) is 5.56 Å². The van der Waals surface area contributed by atoms with Crippen LogP contribution in [0.4, 0.5) is 0 Å². The number of benzene rings is 1. The summed E-state index contributed by atoms with van der Waals surface area (Å²) in [6, 6.07) is 8.26. The molecular weight excluding hydrogens is 222 g/mol. The van der Waals surface area contributed by atoms with Gasteiger partial charge in [-0.1, -0.05) is 45.0 Å². The van der Waals surface area contributed by atoms with Crippen molar-refractivity contribution in [1.82, 2.24) is 5.32 Å². The van der Waals surface area contributed by atoms with Crippen LogP contribution >= 0.6 is 0 Å². The van der Waals surface area contributed by atoms with Crippen LogP contribution in [0.5, 0.6) is 0 Å². The number of aliphatic hydroxyl groups is 1. The van der Waals surface area contributed by atoms with Gasteiger partial charge < -0.3 is 10.4 Å². The molecule has 0 bridgehead atoms. The second-order valence-corrected chi connectivity index (χ2v) is 7.02. The molecule has 1 atom stereocenters. The monoisotopic (exact) mass is 249 g/mol. The van der Waals surface area contributed by atoms with Gasteiger partial charge in [0.2, 0.25) is 0 Å². The van der Waals surface area contributed by atoms with Gasteiger partial charge >= 0.3 is 0 Å². The van der Waals surface area contributed by atoms with E-state index in [2.05, 4.69) is 59.0 Å². The van der Waals surface area contributed by atoms with E-state index in [-0.39, 0.29) is 11.0 Å². The van der Waals surface area contributed by atoms with Gasteiger partial charge in [0.25, 0.3) is 0 Å². The van der Waals surface area contributed by atoms with Crippen molar-refractivity contribution in [3.8, 4) is 0 Å². The minimum atomic E-state index is -0.446. The van der Waals surface area contributed by atoms with E-state index in [1.54, 1.807) is 0 Å². The zero-order chi connectivity index (χ0) is 14.0. The van der Waals surface area contributed by atoms with Crippen LogP contribution in [-0.2, 0) is 5.41 Å². The second-order valence-electron chi connectivity index (χ2n) is 7.02. The van der Waals surface area contributed by atoms with Crippen LogP contribution in [0.15, 0.2) is 24.3 Å². The van der Waals surface area contributed by atoms with E-state index < -0.39 is 6.10 Å². The molecule has 2 heteroatoms. The molecule has 0 saturated heterocycles. The summed E-state index contributed by atoms with van der Waals surface area (Å²) in [6.45, 7) is 13.5. The Morgan fingerprint density at radius 2 is 1.50 bits per heavy atom. The SMILES string of the molecule is CC(C)(C)NC[C@H](O)c1ccc(C(C)(C)C)cc1. The summed E-state index contributed by atoms with van der Waals surface area (Å²) >= 11 is 0. The standard InChI is InChI=1S/C16H27NO/c1-15(2,3)13-9-7-12(8-10-13)14(18)11-17-16(4,5)6/h7-10,14,17-18H,11H2,1-6H3/t14-/m0/s1. The van der Waals surface area contributed by atoms with E-state index in [9.17, 15) is 5.11 Å². The van der Waals surface area contributed by atoms with Crippen LogP contribution in [0.25, 0.3) is 0 Å². The van der Waals surface area contributed by atoms with Gasteiger partial charge in [0.1, 0.15) is 0 Å². The van der Waals surface area contributed by atoms with E-state index in [0.29, 0.717) is 6.54 Å². The van der Waals surface area contributed by atoms with E-state index in [1.165, 1.54) is 5.56 Å². The minimum absolute atomic E-state index is 0.0341. The highest BCUT2D eigenvalue weighted by atomic mass is 16.3. The summed E-state index contributed by atoms with van der Waals surface area (Å²) in [5.41, 5.74) is 2.46. The fourth-order valence-corrected chi connectivity index (χ4v) is 1.73. The first-order chi connectivity index (χ1) is 8.09. The van der Waals surface area contributed by atoms with Crippen molar-refractivity contribution in [3.05, 3.63) is 35.4 Å². The molecule has 2 nitrogen and oxygen atoms in total. The Morgan fingerprint density at radius 1 is 1.00 bits per heavy atom. The molecule has 0 fully saturated rings. The summed E-state index contributed by atoms with van der Waals surface area (Å²) in [6.07, 6.45) is -0.446. The fraction of sp³-hybridized carbons (Fsp3) is 0.625. The maximum atomic E-state index is 10.1. The van der Waals surface area contributed by atoms with Crippen LogP contribution < -0.4 is 5.32 Å². The first-order valence-electron chi connectivity index (χ1n) is 6.63. The normalized spacial score (nSPS) is 14.6. The largest absolute Gasteiger partial charge is 0.387 e. The maximum Gasteiger partial charge on any atom is 0.0914 e. The predicted molar refractivity (Wildman–Crippen MR) is 77.9 cm³/mol. The lowest BCUT2D eigenvalue weighted by Crippen LogP contribution is -2.38. The third-order valence-electron chi connectivity index (χ3n) is 2.99. The molecule has 0 aliphatic heterocycles. The number of nitrogens with one attached hydrogen (secondary N) is 1. The Balaban J connectivity index is 2.68. The van der Waals surface area contributed by atoms with Gasteiger partial charge in [0.15, 0.2) is 0 Å². The average molecular weight is 249 g/mol. The zero-order valence-electron chi connectivity index (χ0n) is 12.5. The van der Waals surface area contributed by atoms with Crippen LogP contribution in [0.2, 0.25) is 0 Å². The summed E-state index contributed by atoms with van der Waals surface area (Å²) in [4.78, 5) is 0. The summed E-state index contributed by atoms with van der Waals surface area (Å²) in [5, 5.41) is 13.4. The Kier molecular flexibility index (Phi) is 4.57. The van der Waals surface area contributed by atoms with Gasteiger partial charge in [-0.2, -0.15) is 0 Å². The minimum Gasteiger partial charge on any atom is -0.387 e. The number of hydrogen-bond acceptors (Lipinski definition) is 2. The molecule has 0 aromatic heterocycles. The highest BCUT2D eigenvalue weighted by molar-refractivity contribution is 5.28. The van der Waals surface area contributed by atoms with Crippen molar-refractivity contribution in [3.63, 3.8) is 0 Å². The van der Waals surface area contributed by atoms with Crippen molar-refractivity contribution in [1.29, 1.82) is 0 Å². The first-order valence-corrected chi connectivity index (χ1v) is 6.63. The van der Waals surface area contributed by atoms with Gasteiger partial charge in [0.05, 0.1) is 6.10 Å². The number of β-amino-alcohol motifs (C(OH)–C–C–N with tert-alkyl or cyclic N) is 1. The molecule has 1 rings (SSSR count). The van der Waals surface area contributed by atoms with Gasteiger partial charge in [-0.3, -0.25) is 0 Å². The second kappa shape index (κ2) is 5.41. The highest BCUT2D eigenvalue weighted by Gasteiger charge is 2.16. The molecule has 18 heavy (non-hydrogen) atoms. The molecule has 0 saturated carbocycles. The van der Waals surface area contributed by atoms with Crippen LogP contribution in [0.3, 0.4) is 0 Å². The number of aliphatic hydroxyl groups excluding tert-OH is 1. The van der Waals surface area contributed by atoms with Crippen molar-refractivity contribution >= 4 is 0 Å². The molecule has 0 aliphatic carbocycles. The molecule has 0 unspecified atom stereocenters. The fourth-order valence-electron chi connectivity index (χ4n) is 1.73. The number of rotatable bonds is 3. The number of hydrogen-bond donors (Lipinski definition) is 2. The Morgan fingerprint density at radius 3 is 1.89 bits per heavy atom.